The highest BCUT2D eigenvalue weighted by atomic mass is 35.5. The number of H-pyrrole nitrogens is 1. The molecule has 5 heteroatoms. The van der Waals surface area contributed by atoms with E-state index in [4.69, 9.17) is 11.6 Å². The second-order valence-electron chi connectivity index (χ2n) is 2.44. The number of nitrogens with one attached hydrogen (secondary N) is 2. The Labute approximate surface area is 75.3 Å². The minimum atomic E-state index is -0.489. The van der Waals surface area contributed by atoms with Gasteiger partial charge in [0.1, 0.15) is 5.38 Å². The molecule has 0 fully saturated rings. The third-order valence-corrected chi connectivity index (χ3v) is 1.58. The van der Waals surface area contributed by atoms with Crippen LogP contribution in [0, 0.1) is 0 Å². The van der Waals surface area contributed by atoms with Crippen molar-refractivity contribution in [3.05, 3.63) is 18.0 Å². The van der Waals surface area contributed by atoms with Gasteiger partial charge in [0.15, 0.2) is 0 Å². The predicted molar refractivity (Wildman–Crippen MR) is 45.7 cm³/mol. The van der Waals surface area contributed by atoms with E-state index >= 15 is 0 Å². The lowest BCUT2D eigenvalue weighted by molar-refractivity contribution is -0.120. The average Bonchev–Trinajstić information content (AvgIpc) is 2.51. The van der Waals surface area contributed by atoms with Gasteiger partial charge in [0.05, 0.1) is 6.20 Å². The molecule has 4 nitrogen and oxygen atoms in total. The number of halogens is 1. The third-order valence-electron chi connectivity index (χ3n) is 1.38. The van der Waals surface area contributed by atoms with Gasteiger partial charge in [0.2, 0.25) is 5.91 Å². The van der Waals surface area contributed by atoms with Gasteiger partial charge in [-0.1, -0.05) is 0 Å². The molecule has 0 aliphatic carbocycles. The molecular weight excluding hydrogens is 178 g/mol. The monoisotopic (exact) mass is 187 g/mol. The summed E-state index contributed by atoms with van der Waals surface area (Å²) >= 11 is 5.53. The Bertz CT molecular complexity index is 245. The molecule has 0 spiro atoms. The van der Waals surface area contributed by atoms with Crippen LogP contribution in [0.5, 0.6) is 0 Å². The van der Waals surface area contributed by atoms with Crippen LogP contribution in [0.3, 0.4) is 0 Å². The van der Waals surface area contributed by atoms with Crippen molar-refractivity contribution in [3.63, 3.8) is 0 Å². The van der Waals surface area contributed by atoms with Gasteiger partial charge in [0.25, 0.3) is 0 Å². The molecule has 1 rings (SSSR count). The van der Waals surface area contributed by atoms with Crippen LogP contribution in [0.2, 0.25) is 0 Å². The molecule has 1 atom stereocenters. The Morgan fingerprint density at radius 3 is 3.17 bits per heavy atom. The summed E-state index contributed by atoms with van der Waals surface area (Å²) in [6, 6.07) is 0. The van der Waals surface area contributed by atoms with Gasteiger partial charge in [-0.25, -0.2) is 0 Å². The molecule has 66 valence electrons. The van der Waals surface area contributed by atoms with E-state index in [1.165, 1.54) is 0 Å². The number of carbonyl (C=O) groups excluding carboxylic acids is 1. The first-order valence-electron chi connectivity index (χ1n) is 3.59. The van der Waals surface area contributed by atoms with Crippen molar-refractivity contribution in [2.75, 3.05) is 0 Å². The number of nitrogens with zero attached hydrogens (tertiary/aromatic N) is 1. The number of aromatic nitrogens is 2. The molecule has 1 unspecified atom stereocenters. The van der Waals surface area contributed by atoms with Crippen LogP contribution >= 0.6 is 11.6 Å². The number of carbonyl (C=O) groups is 1. The quantitative estimate of drug-likeness (QED) is 0.683. The molecule has 1 aromatic rings. The summed E-state index contributed by atoms with van der Waals surface area (Å²) in [5, 5.41) is 8.55. The van der Waals surface area contributed by atoms with Crippen molar-refractivity contribution in [2.24, 2.45) is 0 Å². The van der Waals surface area contributed by atoms with E-state index in [2.05, 4.69) is 15.5 Å². The molecule has 1 aromatic heterocycles. The zero-order chi connectivity index (χ0) is 8.97. The normalized spacial score (nSPS) is 12.5. The van der Waals surface area contributed by atoms with Gasteiger partial charge in [-0.05, 0) is 6.92 Å². The highest BCUT2D eigenvalue weighted by Gasteiger charge is 2.07. The number of aromatic amines is 1. The Morgan fingerprint density at radius 1 is 1.92 bits per heavy atom. The maximum absolute atomic E-state index is 11.0. The van der Waals surface area contributed by atoms with Crippen molar-refractivity contribution >= 4 is 17.5 Å². The maximum Gasteiger partial charge on any atom is 0.238 e. The zero-order valence-corrected chi connectivity index (χ0v) is 7.43. The highest BCUT2D eigenvalue weighted by molar-refractivity contribution is 6.30. The smallest absolute Gasteiger partial charge is 0.238 e. The Balaban J connectivity index is 2.32. The van der Waals surface area contributed by atoms with Crippen LogP contribution in [-0.2, 0) is 11.3 Å². The molecule has 1 heterocycles. The molecule has 0 bridgehead atoms. The van der Waals surface area contributed by atoms with Gasteiger partial charge >= 0.3 is 0 Å². The summed E-state index contributed by atoms with van der Waals surface area (Å²) in [7, 11) is 0. The number of hydrogen-bond donors (Lipinski definition) is 2. The van der Waals surface area contributed by atoms with Gasteiger partial charge in [-0.2, -0.15) is 5.10 Å². The van der Waals surface area contributed by atoms with Crippen molar-refractivity contribution in [3.8, 4) is 0 Å². The van der Waals surface area contributed by atoms with Gasteiger partial charge < -0.3 is 5.32 Å². The summed E-state index contributed by atoms with van der Waals surface area (Å²) in [6.07, 6.45) is 3.37. The number of alkyl halides is 1. The van der Waals surface area contributed by atoms with Crippen molar-refractivity contribution in [2.45, 2.75) is 18.8 Å². The van der Waals surface area contributed by atoms with E-state index in [-0.39, 0.29) is 5.91 Å². The lowest BCUT2D eigenvalue weighted by atomic mass is 10.3. The minimum Gasteiger partial charge on any atom is -0.351 e. The molecule has 0 saturated heterocycles. The first-order valence-corrected chi connectivity index (χ1v) is 4.03. The van der Waals surface area contributed by atoms with Crippen LogP contribution in [-0.4, -0.2) is 21.5 Å². The van der Waals surface area contributed by atoms with Crippen LogP contribution in [0.25, 0.3) is 0 Å². The minimum absolute atomic E-state index is 0.169. The fraction of sp³-hybridized carbons (Fsp3) is 0.429. The Kier molecular flexibility index (Phi) is 3.10. The van der Waals surface area contributed by atoms with E-state index < -0.39 is 5.38 Å². The third kappa shape index (κ3) is 2.54. The summed E-state index contributed by atoms with van der Waals surface area (Å²) in [5.41, 5.74) is 0.931. The predicted octanol–water partition coefficient (Wildman–Crippen LogP) is 0.653. The summed E-state index contributed by atoms with van der Waals surface area (Å²) in [6.45, 7) is 2.10. The Hall–Kier alpha value is -1.03. The van der Waals surface area contributed by atoms with Crippen molar-refractivity contribution in [1.82, 2.24) is 15.5 Å². The molecule has 12 heavy (non-hydrogen) atoms. The van der Waals surface area contributed by atoms with E-state index in [9.17, 15) is 4.79 Å². The topological polar surface area (TPSA) is 57.8 Å². The van der Waals surface area contributed by atoms with Crippen LogP contribution in [0.4, 0.5) is 0 Å². The number of rotatable bonds is 3. The molecule has 2 N–H and O–H groups in total. The van der Waals surface area contributed by atoms with Gasteiger partial charge in [0, 0.05) is 18.3 Å². The van der Waals surface area contributed by atoms with Crippen LogP contribution < -0.4 is 5.32 Å². The number of hydrogen-bond acceptors (Lipinski definition) is 2. The van der Waals surface area contributed by atoms with E-state index in [1.807, 2.05) is 0 Å². The molecule has 0 radical (unpaired) electrons. The second kappa shape index (κ2) is 4.11. The first-order chi connectivity index (χ1) is 5.70. The summed E-state index contributed by atoms with van der Waals surface area (Å²) < 4.78 is 0. The maximum atomic E-state index is 11.0. The van der Waals surface area contributed by atoms with Crippen molar-refractivity contribution < 1.29 is 4.79 Å². The van der Waals surface area contributed by atoms with E-state index in [0.29, 0.717) is 6.54 Å². The lowest BCUT2D eigenvalue weighted by Crippen LogP contribution is -2.28. The van der Waals surface area contributed by atoms with Crippen LogP contribution in [0.15, 0.2) is 12.4 Å². The highest BCUT2D eigenvalue weighted by Crippen LogP contribution is 1.95. The fourth-order valence-corrected chi connectivity index (χ4v) is 0.781. The molecule has 0 aliphatic heterocycles. The summed E-state index contributed by atoms with van der Waals surface area (Å²) in [5.74, 6) is -0.169. The SMILES string of the molecule is CC(Cl)C(=O)NCc1cn[nH]c1. The van der Waals surface area contributed by atoms with Gasteiger partial charge in [-0.3, -0.25) is 9.89 Å². The lowest BCUT2D eigenvalue weighted by Gasteiger charge is -2.03. The van der Waals surface area contributed by atoms with Crippen LogP contribution in [0.1, 0.15) is 12.5 Å². The molecular formula is C7H10ClN3O. The molecule has 0 saturated carbocycles. The van der Waals surface area contributed by atoms with Gasteiger partial charge in [-0.15, -0.1) is 11.6 Å². The Morgan fingerprint density at radius 2 is 2.67 bits per heavy atom. The zero-order valence-electron chi connectivity index (χ0n) is 6.67. The molecule has 0 aliphatic rings. The fourth-order valence-electron chi connectivity index (χ4n) is 0.704. The molecule has 0 aromatic carbocycles. The molecule has 1 amide bonds. The van der Waals surface area contributed by atoms with E-state index in [0.717, 1.165) is 5.56 Å². The first kappa shape index (κ1) is 9.06. The largest absolute Gasteiger partial charge is 0.351 e. The summed E-state index contributed by atoms with van der Waals surface area (Å²) in [4.78, 5) is 11.0. The average molecular weight is 188 g/mol. The second-order valence-corrected chi connectivity index (χ2v) is 3.10. The van der Waals surface area contributed by atoms with Crippen molar-refractivity contribution in [1.29, 1.82) is 0 Å². The van der Waals surface area contributed by atoms with E-state index in [1.54, 1.807) is 19.3 Å². The number of amides is 1. The standard InChI is InChI=1S/C7H10ClN3O/c1-5(8)7(12)9-2-6-3-10-11-4-6/h3-5H,2H2,1H3,(H,9,12)(H,10,11).